The molecule has 0 aliphatic carbocycles. The minimum Gasteiger partial charge on any atom is -0.316 e. The van der Waals surface area contributed by atoms with Gasteiger partial charge in [0.2, 0.25) is 0 Å². The minimum absolute atomic E-state index is 1.05. The number of nitrogens with zero attached hydrogens (tertiary/aromatic N) is 1. The van der Waals surface area contributed by atoms with Crippen LogP contribution in [0.1, 0.15) is 18.1 Å². The molecule has 0 fully saturated rings. The fourth-order valence-electron chi connectivity index (χ4n) is 1.78. The van der Waals surface area contributed by atoms with Crippen molar-refractivity contribution in [1.82, 2.24) is 10.2 Å². The monoisotopic (exact) mass is 298 g/mol. The zero-order chi connectivity index (χ0) is 12.7. The molecule has 0 aliphatic heterocycles. The number of halogens is 1. The molecular formula is C14H23BrN2. The third-order valence-electron chi connectivity index (χ3n) is 2.99. The van der Waals surface area contributed by atoms with Crippen molar-refractivity contribution in [2.24, 2.45) is 0 Å². The van der Waals surface area contributed by atoms with E-state index in [2.05, 4.69) is 65.2 Å². The summed E-state index contributed by atoms with van der Waals surface area (Å²) in [6.45, 7) is 8.68. The van der Waals surface area contributed by atoms with Crippen LogP contribution in [0.5, 0.6) is 0 Å². The van der Waals surface area contributed by atoms with Gasteiger partial charge < -0.3 is 10.2 Å². The normalized spacial score (nSPS) is 11.1. The summed E-state index contributed by atoms with van der Waals surface area (Å²) >= 11 is 3.53. The summed E-state index contributed by atoms with van der Waals surface area (Å²) < 4.78 is 1.17. The molecule has 1 rings (SSSR count). The lowest BCUT2D eigenvalue weighted by molar-refractivity contribution is 0.336. The Hall–Kier alpha value is -0.380. The molecule has 96 valence electrons. The Labute approximate surface area is 114 Å². The van der Waals surface area contributed by atoms with Gasteiger partial charge in [0, 0.05) is 24.1 Å². The van der Waals surface area contributed by atoms with Crippen LogP contribution in [-0.4, -0.2) is 38.1 Å². The van der Waals surface area contributed by atoms with Crippen molar-refractivity contribution in [3.05, 3.63) is 33.8 Å². The van der Waals surface area contributed by atoms with E-state index < -0.39 is 0 Å². The highest BCUT2D eigenvalue weighted by Crippen LogP contribution is 2.16. The van der Waals surface area contributed by atoms with Crippen LogP contribution in [0.2, 0.25) is 0 Å². The van der Waals surface area contributed by atoms with E-state index in [9.17, 15) is 0 Å². The van der Waals surface area contributed by atoms with Crippen LogP contribution in [0.3, 0.4) is 0 Å². The molecule has 2 nitrogen and oxygen atoms in total. The maximum absolute atomic E-state index is 3.53. The van der Waals surface area contributed by atoms with Crippen LogP contribution in [0.4, 0.5) is 0 Å². The Kier molecular flexibility index (Phi) is 6.78. The molecule has 1 aromatic rings. The van der Waals surface area contributed by atoms with Crippen LogP contribution < -0.4 is 5.32 Å². The predicted octanol–water partition coefficient (Wildman–Crippen LogP) is 2.84. The molecule has 0 spiro atoms. The lowest BCUT2D eigenvalue weighted by Gasteiger charge is -2.17. The number of aryl methyl sites for hydroxylation is 1. The van der Waals surface area contributed by atoms with E-state index in [0.717, 1.165) is 32.6 Å². The minimum atomic E-state index is 1.05. The molecule has 1 N–H and O–H groups in total. The molecular weight excluding hydrogens is 276 g/mol. The second-order valence-electron chi connectivity index (χ2n) is 4.48. The van der Waals surface area contributed by atoms with Crippen LogP contribution in [0.25, 0.3) is 0 Å². The smallest absolute Gasteiger partial charge is 0.0178 e. The van der Waals surface area contributed by atoms with Gasteiger partial charge in [-0.3, -0.25) is 0 Å². The lowest BCUT2D eigenvalue weighted by Crippen LogP contribution is -2.30. The summed E-state index contributed by atoms with van der Waals surface area (Å²) in [7, 11) is 2.19. The molecule has 0 atom stereocenters. The highest BCUT2D eigenvalue weighted by molar-refractivity contribution is 9.10. The Morgan fingerprint density at radius 2 is 2.06 bits per heavy atom. The maximum Gasteiger partial charge on any atom is 0.0178 e. The second-order valence-corrected chi connectivity index (χ2v) is 5.39. The molecule has 0 heterocycles. The molecule has 1 aromatic carbocycles. The van der Waals surface area contributed by atoms with E-state index in [1.807, 2.05) is 0 Å². The van der Waals surface area contributed by atoms with Gasteiger partial charge in [0.05, 0.1) is 0 Å². The van der Waals surface area contributed by atoms with Gasteiger partial charge >= 0.3 is 0 Å². The van der Waals surface area contributed by atoms with E-state index in [1.54, 1.807) is 0 Å². The second kappa shape index (κ2) is 7.85. The molecule has 0 bridgehead atoms. The van der Waals surface area contributed by atoms with E-state index in [1.165, 1.54) is 15.6 Å². The topological polar surface area (TPSA) is 15.3 Å². The standard InChI is InChI=1S/C14H23BrN2/c1-4-16-8-10-17(3)9-7-13-11-14(15)6-5-12(13)2/h5-6,11,16H,4,7-10H2,1-3H3. The van der Waals surface area contributed by atoms with Gasteiger partial charge in [-0.2, -0.15) is 0 Å². The zero-order valence-corrected chi connectivity index (χ0v) is 12.7. The summed E-state index contributed by atoms with van der Waals surface area (Å²) in [6.07, 6.45) is 1.12. The Bertz CT molecular complexity index is 339. The fourth-order valence-corrected chi connectivity index (χ4v) is 2.19. The number of nitrogens with one attached hydrogen (secondary N) is 1. The number of hydrogen-bond acceptors (Lipinski definition) is 2. The van der Waals surface area contributed by atoms with Crippen molar-refractivity contribution in [3.63, 3.8) is 0 Å². The first-order valence-corrected chi connectivity index (χ1v) is 7.07. The summed E-state index contributed by atoms with van der Waals surface area (Å²) in [4.78, 5) is 2.38. The third kappa shape index (κ3) is 5.66. The summed E-state index contributed by atoms with van der Waals surface area (Å²) in [5.41, 5.74) is 2.82. The van der Waals surface area contributed by atoms with Crippen LogP contribution in [-0.2, 0) is 6.42 Å². The molecule has 17 heavy (non-hydrogen) atoms. The molecule has 0 radical (unpaired) electrons. The average molecular weight is 299 g/mol. The number of hydrogen-bond donors (Lipinski definition) is 1. The SMILES string of the molecule is CCNCCN(C)CCc1cc(Br)ccc1C. The summed E-state index contributed by atoms with van der Waals surface area (Å²) in [5.74, 6) is 0. The molecule has 0 unspecified atom stereocenters. The molecule has 3 heteroatoms. The first-order chi connectivity index (χ1) is 8.13. The van der Waals surface area contributed by atoms with Crippen LogP contribution in [0.15, 0.2) is 22.7 Å². The highest BCUT2D eigenvalue weighted by atomic mass is 79.9. The van der Waals surface area contributed by atoms with Crippen molar-refractivity contribution in [2.45, 2.75) is 20.3 Å². The molecule has 0 saturated heterocycles. The third-order valence-corrected chi connectivity index (χ3v) is 3.49. The van der Waals surface area contributed by atoms with E-state index in [0.29, 0.717) is 0 Å². The van der Waals surface area contributed by atoms with Crippen molar-refractivity contribution in [2.75, 3.05) is 33.2 Å². The number of rotatable bonds is 7. The quantitative estimate of drug-likeness (QED) is 0.779. The van der Waals surface area contributed by atoms with Gasteiger partial charge in [-0.05, 0) is 50.2 Å². The van der Waals surface area contributed by atoms with Gasteiger partial charge in [0.1, 0.15) is 0 Å². The van der Waals surface area contributed by atoms with Gasteiger partial charge in [-0.1, -0.05) is 28.9 Å². The van der Waals surface area contributed by atoms with E-state index >= 15 is 0 Å². The van der Waals surface area contributed by atoms with Crippen LogP contribution in [0, 0.1) is 6.92 Å². The zero-order valence-electron chi connectivity index (χ0n) is 11.1. The van der Waals surface area contributed by atoms with Crippen molar-refractivity contribution < 1.29 is 0 Å². The largest absolute Gasteiger partial charge is 0.316 e. The van der Waals surface area contributed by atoms with Crippen molar-refractivity contribution in [3.8, 4) is 0 Å². The first kappa shape index (κ1) is 14.7. The Balaban J connectivity index is 2.36. The summed E-state index contributed by atoms with van der Waals surface area (Å²) in [5, 5.41) is 3.35. The predicted molar refractivity (Wildman–Crippen MR) is 78.6 cm³/mol. The Morgan fingerprint density at radius 1 is 1.29 bits per heavy atom. The molecule has 0 aromatic heterocycles. The number of likely N-dealkylation sites (N-methyl/N-ethyl adjacent to an activating group) is 2. The Morgan fingerprint density at radius 3 is 2.76 bits per heavy atom. The highest BCUT2D eigenvalue weighted by Gasteiger charge is 2.02. The van der Waals surface area contributed by atoms with E-state index in [-0.39, 0.29) is 0 Å². The van der Waals surface area contributed by atoms with E-state index in [4.69, 9.17) is 0 Å². The van der Waals surface area contributed by atoms with Crippen molar-refractivity contribution >= 4 is 15.9 Å². The van der Waals surface area contributed by atoms with Gasteiger partial charge in [0.15, 0.2) is 0 Å². The van der Waals surface area contributed by atoms with Crippen molar-refractivity contribution in [1.29, 1.82) is 0 Å². The molecule has 0 amide bonds. The molecule has 0 saturated carbocycles. The van der Waals surface area contributed by atoms with Crippen LogP contribution >= 0.6 is 15.9 Å². The fraction of sp³-hybridized carbons (Fsp3) is 0.571. The first-order valence-electron chi connectivity index (χ1n) is 6.27. The van der Waals surface area contributed by atoms with Gasteiger partial charge in [0.25, 0.3) is 0 Å². The number of benzene rings is 1. The van der Waals surface area contributed by atoms with Gasteiger partial charge in [-0.15, -0.1) is 0 Å². The summed E-state index contributed by atoms with van der Waals surface area (Å²) in [6, 6.07) is 6.51. The maximum atomic E-state index is 3.53. The molecule has 0 aliphatic rings. The average Bonchev–Trinajstić information content (AvgIpc) is 2.31. The van der Waals surface area contributed by atoms with Gasteiger partial charge in [-0.25, -0.2) is 0 Å². The lowest BCUT2D eigenvalue weighted by atomic mass is 10.1.